The summed E-state index contributed by atoms with van der Waals surface area (Å²) in [6.45, 7) is 8.32. The summed E-state index contributed by atoms with van der Waals surface area (Å²) in [5.41, 5.74) is -0.406. The van der Waals surface area contributed by atoms with E-state index in [-0.39, 0.29) is 29.6 Å². The predicted octanol–water partition coefficient (Wildman–Crippen LogP) is 1.26. The lowest BCUT2D eigenvalue weighted by Crippen LogP contribution is -2.51. The molecule has 2 heterocycles. The lowest BCUT2D eigenvalue weighted by molar-refractivity contribution is -0.146. The van der Waals surface area contributed by atoms with Gasteiger partial charge in [-0.15, -0.1) is 0 Å². The lowest BCUT2D eigenvalue weighted by atomic mass is 9.89. The van der Waals surface area contributed by atoms with Gasteiger partial charge in [0.15, 0.2) is 0 Å². The van der Waals surface area contributed by atoms with Crippen LogP contribution in [-0.2, 0) is 14.4 Å². The van der Waals surface area contributed by atoms with E-state index in [0.717, 1.165) is 32.2 Å². The number of hydrogen-bond acceptors (Lipinski definition) is 3. The summed E-state index contributed by atoms with van der Waals surface area (Å²) in [6.07, 6.45) is 3.18. The molecule has 136 valence electrons. The standard InChI is InChI=1S/C18H31N3O3/c1-18(2,3)17(24)21-9-5-6-14(12-21)16(23)20-10-7-13(8-11-20)15(22)19-4/h13-14H,5-12H2,1-4H3,(H,19,22). The summed E-state index contributed by atoms with van der Waals surface area (Å²) < 4.78 is 0. The van der Waals surface area contributed by atoms with Gasteiger partial charge in [-0.05, 0) is 25.7 Å². The van der Waals surface area contributed by atoms with Crippen molar-refractivity contribution in [1.29, 1.82) is 0 Å². The third-order valence-corrected chi connectivity index (χ3v) is 5.12. The second-order valence-corrected chi connectivity index (χ2v) is 8.05. The number of amides is 3. The Morgan fingerprint density at radius 2 is 1.54 bits per heavy atom. The maximum atomic E-state index is 12.8. The van der Waals surface area contributed by atoms with E-state index in [0.29, 0.717) is 19.6 Å². The second-order valence-electron chi connectivity index (χ2n) is 8.05. The molecule has 0 aromatic carbocycles. The minimum absolute atomic E-state index is 0.0179. The number of hydrogen-bond donors (Lipinski definition) is 1. The normalized spacial score (nSPS) is 23.1. The Balaban J connectivity index is 1.91. The van der Waals surface area contributed by atoms with Crippen molar-refractivity contribution in [2.45, 2.75) is 46.5 Å². The monoisotopic (exact) mass is 337 g/mol. The minimum Gasteiger partial charge on any atom is -0.359 e. The fourth-order valence-corrected chi connectivity index (χ4v) is 3.66. The van der Waals surface area contributed by atoms with Gasteiger partial charge >= 0.3 is 0 Å². The van der Waals surface area contributed by atoms with Crippen molar-refractivity contribution in [2.75, 3.05) is 33.2 Å². The SMILES string of the molecule is CNC(=O)C1CCN(C(=O)C2CCCN(C(=O)C(C)(C)C)C2)CC1. The Bertz CT molecular complexity index is 490. The topological polar surface area (TPSA) is 69.7 Å². The summed E-state index contributed by atoms with van der Waals surface area (Å²) in [7, 11) is 1.66. The van der Waals surface area contributed by atoms with Crippen molar-refractivity contribution in [3.63, 3.8) is 0 Å². The van der Waals surface area contributed by atoms with E-state index in [2.05, 4.69) is 5.32 Å². The summed E-state index contributed by atoms with van der Waals surface area (Å²) in [6, 6.07) is 0. The molecule has 1 N–H and O–H groups in total. The average Bonchev–Trinajstić information content (AvgIpc) is 2.59. The van der Waals surface area contributed by atoms with Crippen molar-refractivity contribution >= 4 is 17.7 Å². The molecule has 0 bridgehead atoms. The Hall–Kier alpha value is -1.59. The van der Waals surface area contributed by atoms with Gasteiger partial charge in [0.25, 0.3) is 0 Å². The maximum absolute atomic E-state index is 12.8. The van der Waals surface area contributed by atoms with Crippen LogP contribution in [0.1, 0.15) is 46.5 Å². The second kappa shape index (κ2) is 7.53. The highest BCUT2D eigenvalue weighted by Crippen LogP contribution is 2.26. The van der Waals surface area contributed by atoms with E-state index in [1.165, 1.54) is 0 Å². The van der Waals surface area contributed by atoms with E-state index >= 15 is 0 Å². The quantitative estimate of drug-likeness (QED) is 0.825. The van der Waals surface area contributed by atoms with Crippen molar-refractivity contribution in [3.05, 3.63) is 0 Å². The average molecular weight is 337 g/mol. The summed E-state index contributed by atoms with van der Waals surface area (Å²) >= 11 is 0. The van der Waals surface area contributed by atoms with E-state index in [1.54, 1.807) is 7.05 Å². The number of likely N-dealkylation sites (tertiary alicyclic amines) is 2. The van der Waals surface area contributed by atoms with Gasteiger partial charge in [0.1, 0.15) is 0 Å². The smallest absolute Gasteiger partial charge is 0.227 e. The molecule has 24 heavy (non-hydrogen) atoms. The molecule has 0 aromatic heterocycles. The summed E-state index contributed by atoms with van der Waals surface area (Å²) in [5.74, 6) is 0.266. The largest absolute Gasteiger partial charge is 0.359 e. The number of carbonyl (C=O) groups excluding carboxylic acids is 3. The fraction of sp³-hybridized carbons (Fsp3) is 0.833. The molecule has 2 rings (SSSR count). The van der Waals surface area contributed by atoms with Crippen molar-refractivity contribution in [3.8, 4) is 0 Å². The van der Waals surface area contributed by atoms with Crippen LogP contribution in [0.25, 0.3) is 0 Å². The summed E-state index contributed by atoms with van der Waals surface area (Å²) in [5, 5.41) is 2.69. The van der Waals surface area contributed by atoms with Gasteiger partial charge in [-0.2, -0.15) is 0 Å². The van der Waals surface area contributed by atoms with Crippen LogP contribution in [-0.4, -0.2) is 60.7 Å². The fourth-order valence-electron chi connectivity index (χ4n) is 3.66. The molecular formula is C18H31N3O3. The molecule has 0 saturated carbocycles. The van der Waals surface area contributed by atoms with Crippen molar-refractivity contribution in [2.24, 2.45) is 17.3 Å². The maximum Gasteiger partial charge on any atom is 0.227 e. The van der Waals surface area contributed by atoms with Crippen LogP contribution < -0.4 is 5.32 Å². The zero-order valence-corrected chi connectivity index (χ0v) is 15.4. The van der Waals surface area contributed by atoms with Crippen LogP contribution in [0.4, 0.5) is 0 Å². The molecule has 1 unspecified atom stereocenters. The summed E-state index contributed by atoms with van der Waals surface area (Å²) in [4.78, 5) is 40.7. The molecule has 0 spiro atoms. The van der Waals surface area contributed by atoms with Crippen LogP contribution in [0.3, 0.4) is 0 Å². The highest BCUT2D eigenvalue weighted by Gasteiger charge is 2.36. The molecule has 0 aliphatic carbocycles. The van der Waals surface area contributed by atoms with Crippen molar-refractivity contribution < 1.29 is 14.4 Å². The van der Waals surface area contributed by atoms with Gasteiger partial charge in [-0.3, -0.25) is 14.4 Å². The zero-order chi connectivity index (χ0) is 17.9. The molecule has 2 saturated heterocycles. The number of rotatable bonds is 2. The number of piperidine rings is 2. The Labute approximate surface area is 144 Å². The first-order valence-electron chi connectivity index (χ1n) is 9.03. The first kappa shape index (κ1) is 18.7. The van der Waals surface area contributed by atoms with E-state index < -0.39 is 5.41 Å². The highest BCUT2D eigenvalue weighted by molar-refractivity contribution is 5.84. The molecule has 2 aliphatic rings. The molecular weight excluding hydrogens is 306 g/mol. The zero-order valence-electron chi connectivity index (χ0n) is 15.4. The van der Waals surface area contributed by atoms with Gasteiger partial charge in [-0.25, -0.2) is 0 Å². The van der Waals surface area contributed by atoms with Crippen LogP contribution in [0.5, 0.6) is 0 Å². The molecule has 0 radical (unpaired) electrons. The Kier molecular flexibility index (Phi) is 5.88. The van der Waals surface area contributed by atoms with Gasteiger partial charge in [0.2, 0.25) is 17.7 Å². The predicted molar refractivity (Wildman–Crippen MR) is 92.1 cm³/mol. The van der Waals surface area contributed by atoms with Crippen molar-refractivity contribution in [1.82, 2.24) is 15.1 Å². The van der Waals surface area contributed by atoms with E-state index in [1.807, 2.05) is 30.6 Å². The first-order chi connectivity index (χ1) is 11.2. The van der Waals surface area contributed by atoms with Gasteiger partial charge in [0.05, 0.1) is 5.92 Å². The van der Waals surface area contributed by atoms with Crippen LogP contribution in [0, 0.1) is 17.3 Å². The Morgan fingerprint density at radius 1 is 0.917 bits per heavy atom. The third kappa shape index (κ3) is 4.28. The Morgan fingerprint density at radius 3 is 2.08 bits per heavy atom. The molecule has 1 atom stereocenters. The molecule has 0 aromatic rings. The molecule has 2 aliphatic heterocycles. The molecule has 6 nitrogen and oxygen atoms in total. The van der Waals surface area contributed by atoms with Crippen LogP contribution in [0.15, 0.2) is 0 Å². The third-order valence-electron chi connectivity index (χ3n) is 5.12. The first-order valence-corrected chi connectivity index (χ1v) is 9.03. The van der Waals surface area contributed by atoms with Gasteiger partial charge < -0.3 is 15.1 Å². The van der Waals surface area contributed by atoms with Crippen LogP contribution in [0.2, 0.25) is 0 Å². The molecule has 6 heteroatoms. The highest BCUT2D eigenvalue weighted by atomic mass is 16.2. The number of nitrogens with zero attached hydrogens (tertiary/aromatic N) is 2. The number of carbonyl (C=O) groups is 3. The van der Waals surface area contributed by atoms with E-state index in [9.17, 15) is 14.4 Å². The minimum atomic E-state index is -0.406. The lowest BCUT2D eigenvalue weighted by Gasteiger charge is -2.39. The number of nitrogens with one attached hydrogen (secondary N) is 1. The van der Waals surface area contributed by atoms with E-state index in [4.69, 9.17) is 0 Å². The van der Waals surface area contributed by atoms with Gasteiger partial charge in [0, 0.05) is 44.6 Å². The molecule has 2 fully saturated rings. The molecule has 3 amide bonds. The van der Waals surface area contributed by atoms with Crippen LogP contribution >= 0.6 is 0 Å². The van der Waals surface area contributed by atoms with Gasteiger partial charge in [-0.1, -0.05) is 20.8 Å².